The first-order valence-corrected chi connectivity index (χ1v) is 12.5. The highest BCUT2D eigenvalue weighted by Gasteiger charge is 2.40. The van der Waals surface area contributed by atoms with Crippen LogP contribution in [0.25, 0.3) is 11.1 Å². The number of imide groups is 1. The molecule has 0 saturated heterocycles. The summed E-state index contributed by atoms with van der Waals surface area (Å²) in [6, 6.07) is 13.8. The van der Waals surface area contributed by atoms with E-state index in [-0.39, 0.29) is 34.5 Å². The number of fused-ring (bicyclic) bond motifs is 1. The summed E-state index contributed by atoms with van der Waals surface area (Å²) in [5.74, 6) is -1.75. The smallest absolute Gasteiger partial charge is 0.261 e. The van der Waals surface area contributed by atoms with Gasteiger partial charge in [-0.3, -0.25) is 24.1 Å². The molecule has 2 aliphatic rings. The van der Waals surface area contributed by atoms with Crippen LogP contribution in [0.1, 0.15) is 78.4 Å². The molecule has 0 atom stereocenters. The van der Waals surface area contributed by atoms with Gasteiger partial charge in [-0.2, -0.15) is 0 Å². The zero-order valence-corrected chi connectivity index (χ0v) is 20.1. The number of nitrogens with one attached hydrogen (secondary N) is 1. The van der Waals surface area contributed by atoms with E-state index in [0.29, 0.717) is 16.1 Å². The van der Waals surface area contributed by atoms with Crippen LogP contribution < -0.4 is 11.1 Å². The number of hydrogen-bond acceptors (Lipinski definition) is 5. The summed E-state index contributed by atoms with van der Waals surface area (Å²) in [6.45, 7) is 1.87. The molecule has 2 aromatic carbocycles. The average Bonchev–Trinajstić information content (AvgIpc) is 3.32. The lowest BCUT2D eigenvalue weighted by molar-refractivity contribution is 0.0548. The lowest BCUT2D eigenvalue weighted by atomic mass is 9.94. The SMILES string of the molecule is Cc1sc(NC(=O)c2ccc3c(c2)C(=O)N(C2CCCCC2)C3=O)c(C(N)=O)c1-c1ccccc1. The molecule has 5 rings (SSSR count). The fourth-order valence-corrected chi connectivity index (χ4v) is 6.14. The molecule has 4 amide bonds. The molecule has 0 bridgehead atoms. The minimum absolute atomic E-state index is 0.0861. The van der Waals surface area contributed by atoms with Crippen LogP contribution in [0, 0.1) is 6.92 Å². The van der Waals surface area contributed by atoms with Crippen LogP contribution in [-0.4, -0.2) is 34.6 Å². The maximum Gasteiger partial charge on any atom is 0.261 e. The number of nitrogens with two attached hydrogens (primary N) is 1. The summed E-state index contributed by atoms with van der Waals surface area (Å²) in [4.78, 5) is 53.7. The molecule has 3 N–H and O–H groups in total. The molecule has 7 nitrogen and oxygen atoms in total. The van der Waals surface area contributed by atoms with E-state index < -0.39 is 11.8 Å². The second-order valence-corrected chi connectivity index (χ2v) is 10.2. The maximum atomic E-state index is 13.2. The van der Waals surface area contributed by atoms with E-state index in [1.807, 2.05) is 37.3 Å². The third-order valence-corrected chi connectivity index (χ3v) is 7.76. The molecule has 2 heterocycles. The number of anilines is 1. The number of carbonyl (C=O) groups is 4. The van der Waals surface area contributed by atoms with Crippen molar-refractivity contribution in [2.24, 2.45) is 5.73 Å². The van der Waals surface area contributed by atoms with Gasteiger partial charge in [-0.1, -0.05) is 49.6 Å². The van der Waals surface area contributed by atoms with Crippen molar-refractivity contribution >= 4 is 40.0 Å². The van der Waals surface area contributed by atoms with Gasteiger partial charge < -0.3 is 11.1 Å². The predicted molar refractivity (Wildman–Crippen MR) is 135 cm³/mol. The van der Waals surface area contributed by atoms with E-state index in [1.54, 1.807) is 0 Å². The highest BCUT2D eigenvalue weighted by molar-refractivity contribution is 7.17. The summed E-state index contributed by atoms with van der Waals surface area (Å²) in [5, 5.41) is 3.15. The van der Waals surface area contributed by atoms with Gasteiger partial charge >= 0.3 is 0 Å². The molecule has 1 aliphatic heterocycles. The Morgan fingerprint density at radius 1 is 0.971 bits per heavy atom. The molecule has 178 valence electrons. The summed E-state index contributed by atoms with van der Waals surface area (Å²) in [7, 11) is 0. The Kier molecular flexibility index (Phi) is 5.98. The van der Waals surface area contributed by atoms with E-state index in [4.69, 9.17) is 5.73 Å². The Labute approximate surface area is 206 Å². The van der Waals surface area contributed by atoms with Gasteiger partial charge in [0.25, 0.3) is 23.6 Å². The fraction of sp³-hybridized carbons (Fsp3) is 0.259. The Morgan fingerprint density at radius 3 is 2.34 bits per heavy atom. The fourth-order valence-electron chi connectivity index (χ4n) is 5.07. The molecule has 0 unspecified atom stereocenters. The Hall–Kier alpha value is -3.78. The Bertz CT molecular complexity index is 1360. The third-order valence-electron chi connectivity index (χ3n) is 6.74. The molecular formula is C27H25N3O4S. The molecule has 1 aliphatic carbocycles. The first kappa shape index (κ1) is 23.0. The Morgan fingerprint density at radius 2 is 1.66 bits per heavy atom. The maximum absolute atomic E-state index is 13.2. The van der Waals surface area contributed by atoms with Gasteiger partial charge in [-0.15, -0.1) is 11.3 Å². The molecule has 35 heavy (non-hydrogen) atoms. The van der Waals surface area contributed by atoms with Crippen molar-refractivity contribution in [3.63, 3.8) is 0 Å². The first-order chi connectivity index (χ1) is 16.9. The van der Waals surface area contributed by atoms with E-state index in [1.165, 1.54) is 34.4 Å². The monoisotopic (exact) mass is 487 g/mol. The van der Waals surface area contributed by atoms with Crippen molar-refractivity contribution in [2.45, 2.75) is 45.1 Å². The summed E-state index contributed by atoms with van der Waals surface area (Å²) in [6.07, 6.45) is 4.75. The highest BCUT2D eigenvalue weighted by atomic mass is 32.1. The van der Waals surface area contributed by atoms with Crippen LogP contribution in [0.3, 0.4) is 0 Å². The molecule has 8 heteroatoms. The molecular weight excluding hydrogens is 462 g/mol. The predicted octanol–water partition coefficient (Wildman–Crippen LogP) is 5.00. The quantitative estimate of drug-likeness (QED) is 0.493. The number of carbonyl (C=O) groups excluding carboxylic acids is 4. The summed E-state index contributed by atoms with van der Waals surface area (Å²) in [5.41, 5.74) is 8.29. The van der Waals surface area contributed by atoms with Crippen molar-refractivity contribution in [1.82, 2.24) is 4.90 Å². The van der Waals surface area contributed by atoms with Crippen LogP contribution in [0.15, 0.2) is 48.5 Å². The average molecular weight is 488 g/mol. The largest absolute Gasteiger partial charge is 0.365 e. The van der Waals surface area contributed by atoms with Crippen molar-refractivity contribution in [3.05, 3.63) is 75.7 Å². The minimum atomic E-state index is -0.638. The van der Waals surface area contributed by atoms with Gasteiger partial charge in [0.1, 0.15) is 5.00 Å². The minimum Gasteiger partial charge on any atom is -0.365 e. The van der Waals surface area contributed by atoms with Gasteiger partial charge in [-0.05, 0) is 43.5 Å². The van der Waals surface area contributed by atoms with Crippen molar-refractivity contribution in [2.75, 3.05) is 5.32 Å². The lowest BCUT2D eigenvalue weighted by Gasteiger charge is -2.29. The second kappa shape index (κ2) is 9.11. The molecule has 1 aromatic heterocycles. The summed E-state index contributed by atoms with van der Waals surface area (Å²) >= 11 is 1.27. The van der Waals surface area contributed by atoms with Crippen LogP contribution in [0.4, 0.5) is 5.00 Å². The zero-order valence-electron chi connectivity index (χ0n) is 19.3. The van der Waals surface area contributed by atoms with Crippen LogP contribution in [0.2, 0.25) is 0 Å². The van der Waals surface area contributed by atoms with Gasteiger partial charge in [0, 0.05) is 22.0 Å². The van der Waals surface area contributed by atoms with Crippen molar-refractivity contribution in [3.8, 4) is 11.1 Å². The lowest BCUT2D eigenvalue weighted by Crippen LogP contribution is -2.40. The number of rotatable bonds is 5. The topological polar surface area (TPSA) is 110 Å². The van der Waals surface area contributed by atoms with Crippen molar-refractivity contribution < 1.29 is 19.2 Å². The third kappa shape index (κ3) is 4.04. The van der Waals surface area contributed by atoms with E-state index in [2.05, 4.69) is 5.32 Å². The highest BCUT2D eigenvalue weighted by Crippen LogP contribution is 2.40. The standard InChI is InChI=1S/C27H25N3O4S/c1-15-21(16-8-4-2-5-9-16)22(23(28)31)25(35-15)29-24(32)17-12-13-19-20(14-17)27(34)30(26(19)33)18-10-6-3-7-11-18/h2,4-5,8-9,12-14,18H,3,6-7,10-11H2,1H3,(H2,28,31)(H,29,32). The number of hydrogen-bond donors (Lipinski definition) is 2. The number of aryl methyl sites for hydroxylation is 1. The molecule has 3 aromatic rings. The number of nitrogens with zero attached hydrogens (tertiary/aromatic N) is 1. The van der Waals surface area contributed by atoms with Gasteiger partial charge in [-0.25, -0.2) is 0 Å². The van der Waals surface area contributed by atoms with Crippen LogP contribution in [-0.2, 0) is 0 Å². The van der Waals surface area contributed by atoms with Gasteiger partial charge in [0.15, 0.2) is 0 Å². The van der Waals surface area contributed by atoms with E-state index in [9.17, 15) is 19.2 Å². The molecule has 0 spiro atoms. The normalized spacial score (nSPS) is 15.9. The zero-order chi connectivity index (χ0) is 24.7. The number of thiophene rings is 1. The number of benzene rings is 2. The molecule has 1 fully saturated rings. The van der Waals surface area contributed by atoms with Crippen LogP contribution in [0.5, 0.6) is 0 Å². The second-order valence-electron chi connectivity index (χ2n) is 8.95. The van der Waals surface area contributed by atoms with E-state index >= 15 is 0 Å². The van der Waals surface area contributed by atoms with Crippen LogP contribution >= 0.6 is 11.3 Å². The molecule has 0 radical (unpaired) electrons. The first-order valence-electron chi connectivity index (χ1n) is 11.7. The van der Waals surface area contributed by atoms with Crippen molar-refractivity contribution in [1.29, 1.82) is 0 Å². The summed E-state index contributed by atoms with van der Waals surface area (Å²) < 4.78 is 0. The van der Waals surface area contributed by atoms with E-state index in [0.717, 1.165) is 42.5 Å². The number of amides is 4. The van der Waals surface area contributed by atoms with Gasteiger partial charge in [0.2, 0.25) is 0 Å². The Balaban J connectivity index is 1.44. The van der Waals surface area contributed by atoms with Gasteiger partial charge in [0.05, 0.1) is 16.7 Å². The molecule has 1 saturated carbocycles. The number of primary amides is 1.